The molecule has 19 nitrogen and oxygen atoms in total. The Kier molecular flexibility index (Phi) is 36.7. The fourth-order valence-corrected chi connectivity index (χ4v) is 9.53. The van der Waals surface area contributed by atoms with Crippen molar-refractivity contribution in [2.75, 3.05) is 25.6 Å². The molecule has 75 heavy (non-hydrogen) atoms. The smallest absolute Gasteiger partial charge is 0.462 e. The molecule has 1 aromatic rings. The van der Waals surface area contributed by atoms with Crippen molar-refractivity contribution in [3.8, 4) is 0 Å². The zero-order valence-corrected chi connectivity index (χ0v) is 46.0. The van der Waals surface area contributed by atoms with Gasteiger partial charge in [0.15, 0.2) is 12.3 Å². The maximum Gasteiger partial charge on any atom is 0.481 e. The van der Waals surface area contributed by atoms with Gasteiger partial charge in [-0.1, -0.05) is 163 Å². The average molecular weight is 1100 g/mol. The van der Waals surface area contributed by atoms with Crippen molar-refractivity contribution < 1.29 is 71.4 Å². The molecule has 3 unspecified atom stereocenters. The third-order valence-electron chi connectivity index (χ3n) is 11.6. The second-order valence-electron chi connectivity index (χ2n) is 18.2. The lowest BCUT2D eigenvalue weighted by Gasteiger charge is -2.21. The minimum atomic E-state index is -5.46. The number of allylic oxidation sites excluding steroid dienone is 12. The molecule has 0 aliphatic carbocycles. The maximum atomic E-state index is 12.9. The summed E-state index contributed by atoms with van der Waals surface area (Å²) in [5.41, 5.74) is 4.58. The lowest BCUT2D eigenvalue weighted by atomic mass is 10.1. The van der Waals surface area contributed by atoms with Crippen LogP contribution in [0.4, 0.5) is 5.82 Å². The van der Waals surface area contributed by atoms with Gasteiger partial charge in [0.2, 0.25) is 0 Å². The first kappa shape index (κ1) is 67.0. The van der Waals surface area contributed by atoms with Crippen molar-refractivity contribution in [2.45, 2.75) is 198 Å². The summed E-state index contributed by atoms with van der Waals surface area (Å²) >= 11 is 0. The van der Waals surface area contributed by atoms with Gasteiger partial charge in [-0.2, -0.15) is 9.29 Å². The molecule has 0 amide bonds. The molecule has 2 rings (SSSR count). The molecular formula is C54H87N3O16P2. The largest absolute Gasteiger partial charge is 0.481 e. The molecule has 1 aliphatic heterocycles. The Bertz CT molecular complexity index is 2110. The van der Waals surface area contributed by atoms with E-state index in [4.69, 9.17) is 29.0 Å². The summed E-state index contributed by atoms with van der Waals surface area (Å²) in [5, 5.41) is 31.0. The number of nitrogens with zero attached hydrogens (tertiary/aromatic N) is 2. The molecule has 1 aliphatic rings. The summed E-state index contributed by atoms with van der Waals surface area (Å²) in [5.74, 6) is -1.44. The first-order valence-corrected chi connectivity index (χ1v) is 29.7. The molecule has 0 radical (unpaired) electrons. The lowest BCUT2D eigenvalue weighted by molar-refractivity contribution is -0.161. The highest BCUT2D eigenvalue weighted by Gasteiger charge is 2.46. The lowest BCUT2D eigenvalue weighted by Crippen LogP contribution is -2.36. The summed E-state index contributed by atoms with van der Waals surface area (Å²) in [6.45, 7) is 1.89. The number of phosphoric acid groups is 2. The van der Waals surface area contributed by atoms with Crippen LogP contribution in [0, 0.1) is 0 Å². The number of hydrogen-bond acceptors (Lipinski definition) is 16. The number of carbonyl (C=O) groups excluding carboxylic acids is 2. The standard InChI is InChI=1S/C54H87N3O16P2/c1-3-5-7-9-11-12-13-14-15-16-17-18-19-23-26-30-34-38-49(59)68-42-46(71-50(60)39-35-31-27-24-21-20-22-25-29-33-37-45(58)36-32-28-10-8-6-4-2)43-69-74(64,65)73-75(66,67)70-44-47-51(61)52(62)53(72-47)57-41-40-48(55)56-54(57)63/h6,8,14-15,20-21,25,27-29,31-33,37,40-41,45-47,51-53,58,61-62H,3-5,7,9-13,16-19,22-24,26,30,34-36,38-39,42-44H2,1-2H3,(H,64,65)(H,66,67)(H2,55,56,63)/b8-6-,15-14-,21-20-,29-25-,31-27-,32-28-,37-33+/t45?,46-,47-,51-,52-,53-/m1/s1. The van der Waals surface area contributed by atoms with Crippen molar-refractivity contribution >= 4 is 33.4 Å². The van der Waals surface area contributed by atoms with Crippen molar-refractivity contribution in [1.29, 1.82) is 0 Å². The van der Waals surface area contributed by atoms with Gasteiger partial charge in [-0.05, 0) is 76.7 Å². The van der Waals surface area contributed by atoms with Gasteiger partial charge in [-0.25, -0.2) is 13.9 Å². The minimum Gasteiger partial charge on any atom is -0.462 e. The van der Waals surface area contributed by atoms with Gasteiger partial charge in [0, 0.05) is 19.0 Å². The predicted molar refractivity (Wildman–Crippen MR) is 290 cm³/mol. The highest BCUT2D eigenvalue weighted by atomic mass is 31.3. The Morgan fingerprint density at radius 1 is 0.720 bits per heavy atom. The number of aliphatic hydroxyl groups is 3. The van der Waals surface area contributed by atoms with Crippen LogP contribution in [0.5, 0.6) is 0 Å². The molecule has 21 heteroatoms. The molecule has 2 heterocycles. The summed E-state index contributed by atoms with van der Waals surface area (Å²) in [7, 11) is -10.9. The van der Waals surface area contributed by atoms with E-state index in [9.17, 15) is 48.6 Å². The van der Waals surface area contributed by atoms with Crippen LogP contribution in [0.25, 0.3) is 0 Å². The van der Waals surface area contributed by atoms with Crippen LogP contribution in [-0.4, -0.2) is 96.9 Å². The molecule has 0 bridgehead atoms. The fraction of sp³-hybridized carbons (Fsp3) is 0.630. The topological polar surface area (TPSA) is 286 Å². The summed E-state index contributed by atoms with van der Waals surface area (Å²) < 4.78 is 56.7. The third-order valence-corrected chi connectivity index (χ3v) is 14.2. The number of nitrogens with two attached hydrogens (primary N) is 1. The molecule has 0 saturated carbocycles. The third kappa shape index (κ3) is 33.6. The second kappa shape index (κ2) is 41.1. The molecule has 0 aromatic carbocycles. The number of nitrogen functional groups attached to an aromatic ring is 1. The number of unbranched alkanes of at least 4 members (excludes halogenated alkanes) is 13. The van der Waals surface area contributed by atoms with Crippen molar-refractivity contribution in [3.63, 3.8) is 0 Å². The molecule has 1 aromatic heterocycles. The Labute approximate surface area is 444 Å². The van der Waals surface area contributed by atoms with E-state index in [1.807, 2.05) is 48.6 Å². The summed E-state index contributed by atoms with van der Waals surface area (Å²) in [4.78, 5) is 62.0. The van der Waals surface area contributed by atoms with Crippen LogP contribution >= 0.6 is 15.6 Å². The highest BCUT2D eigenvalue weighted by Crippen LogP contribution is 2.60. The number of hydrogen-bond donors (Lipinski definition) is 6. The Balaban J connectivity index is 1.84. The Morgan fingerprint density at radius 3 is 1.97 bits per heavy atom. The fourth-order valence-electron chi connectivity index (χ4n) is 7.42. The van der Waals surface area contributed by atoms with Crippen LogP contribution in [0.15, 0.2) is 102 Å². The number of ether oxygens (including phenoxy) is 3. The van der Waals surface area contributed by atoms with Crippen LogP contribution in [0.1, 0.15) is 168 Å². The predicted octanol–water partition coefficient (Wildman–Crippen LogP) is 10.4. The first-order valence-electron chi connectivity index (χ1n) is 26.7. The van der Waals surface area contributed by atoms with Crippen molar-refractivity contribution in [2.24, 2.45) is 0 Å². The van der Waals surface area contributed by atoms with Gasteiger partial charge in [-0.15, -0.1) is 0 Å². The van der Waals surface area contributed by atoms with E-state index in [1.165, 1.54) is 44.6 Å². The normalized spacial score (nSPS) is 19.9. The van der Waals surface area contributed by atoms with Gasteiger partial charge >= 0.3 is 33.3 Å². The van der Waals surface area contributed by atoms with Crippen LogP contribution in [0.2, 0.25) is 0 Å². The van der Waals surface area contributed by atoms with E-state index in [-0.39, 0.29) is 25.1 Å². The van der Waals surface area contributed by atoms with Gasteiger partial charge < -0.3 is 45.1 Å². The minimum absolute atomic E-state index is 0.0921. The van der Waals surface area contributed by atoms with E-state index in [0.717, 1.165) is 75.0 Å². The average Bonchev–Trinajstić information content (AvgIpc) is 3.64. The molecule has 1 fully saturated rings. The molecular weight excluding hydrogens is 1010 g/mol. The molecule has 7 N–H and O–H groups in total. The van der Waals surface area contributed by atoms with Crippen LogP contribution in [0.3, 0.4) is 0 Å². The zero-order valence-electron chi connectivity index (χ0n) is 44.2. The number of esters is 2. The molecule has 1 saturated heterocycles. The van der Waals surface area contributed by atoms with E-state index >= 15 is 0 Å². The van der Waals surface area contributed by atoms with E-state index < -0.39 is 89.8 Å². The monoisotopic (exact) mass is 1100 g/mol. The Morgan fingerprint density at radius 2 is 1.31 bits per heavy atom. The van der Waals surface area contributed by atoms with Crippen LogP contribution in [-0.2, 0) is 46.3 Å². The number of aromatic nitrogens is 2. The van der Waals surface area contributed by atoms with Crippen LogP contribution < -0.4 is 11.4 Å². The quantitative estimate of drug-likeness (QED) is 0.0116. The number of rotatable bonds is 43. The van der Waals surface area contributed by atoms with Gasteiger partial charge in [0.1, 0.15) is 30.7 Å². The molecule has 8 atom stereocenters. The van der Waals surface area contributed by atoms with Gasteiger partial charge in [0.25, 0.3) is 0 Å². The SMILES string of the molecule is CC/C=C\C/C=C\CC(O)/C=C/C=C\C/C=C\C/C=C\CCC(=O)O[C@H](COC(=O)CCCCCCCCC/C=C\CCCCCCCC)COP(=O)(O)OP(=O)(O)OC[C@H]1O[C@@H](n2ccc(N)nc2=O)[C@H](O)[C@@H]1O. The van der Waals surface area contributed by atoms with Gasteiger partial charge in [-0.3, -0.25) is 23.2 Å². The van der Waals surface area contributed by atoms with Crippen molar-refractivity contribution in [3.05, 3.63) is 108 Å². The maximum absolute atomic E-state index is 12.9. The molecule has 424 valence electrons. The second-order valence-corrected chi connectivity index (χ2v) is 21.2. The van der Waals surface area contributed by atoms with E-state index in [2.05, 4.69) is 47.4 Å². The van der Waals surface area contributed by atoms with E-state index in [1.54, 1.807) is 12.2 Å². The number of carbonyl (C=O) groups is 2. The summed E-state index contributed by atoms with van der Waals surface area (Å²) in [6.07, 6.45) is 41.2. The number of aliphatic hydroxyl groups excluding tert-OH is 3. The molecule has 0 spiro atoms. The first-order chi connectivity index (χ1) is 36.1. The number of phosphoric ester groups is 2. The van der Waals surface area contributed by atoms with E-state index in [0.29, 0.717) is 25.7 Å². The Hall–Kier alpha value is -4.10. The van der Waals surface area contributed by atoms with Crippen molar-refractivity contribution in [1.82, 2.24) is 9.55 Å². The highest BCUT2D eigenvalue weighted by molar-refractivity contribution is 7.61. The summed E-state index contributed by atoms with van der Waals surface area (Å²) in [6, 6.07) is 1.24. The van der Waals surface area contributed by atoms with Gasteiger partial charge in [0.05, 0.1) is 19.3 Å². The number of anilines is 1. The zero-order chi connectivity index (χ0) is 55.0.